The number of hydrogen-bond donors (Lipinski definition) is 2. The zero-order valence-corrected chi connectivity index (χ0v) is 13.1. The quantitative estimate of drug-likeness (QED) is 0.802. The molecule has 6 heteroatoms. The Kier molecular flexibility index (Phi) is 5.30. The first-order valence-electron chi connectivity index (χ1n) is 6.99. The van der Waals surface area contributed by atoms with Gasteiger partial charge in [0.1, 0.15) is 0 Å². The molecule has 0 saturated heterocycles. The molecule has 0 aliphatic carbocycles. The maximum atomic E-state index is 12.0. The van der Waals surface area contributed by atoms with Gasteiger partial charge in [0.15, 0.2) is 0 Å². The highest BCUT2D eigenvalue weighted by atomic mass is 32.2. The maximum Gasteiger partial charge on any atom is 0.266 e. The third-order valence-electron chi connectivity index (χ3n) is 3.08. The van der Waals surface area contributed by atoms with Gasteiger partial charge in [0.05, 0.1) is 4.90 Å². The molecule has 0 bridgehead atoms. The largest absolute Gasteiger partial charge is 0.273 e. The van der Waals surface area contributed by atoms with Crippen molar-refractivity contribution in [3.63, 3.8) is 0 Å². The zero-order valence-electron chi connectivity index (χ0n) is 12.2. The number of aryl methyl sites for hydroxylation is 1. The molecule has 1 amide bonds. The summed E-state index contributed by atoms with van der Waals surface area (Å²) in [4.78, 5) is 14.2. The molecule has 5 nitrogen and oxygen atoms in total. The molecular formula is C16H18N2O3S. The van der Waals surface area contributed by atoms with Gasteiger partial charge in [-0.3, -0.25) is 10.2 Å². The number of rotatable bonds is 6. The molecule has 0 spiro atoms. The van der Waals surface area contributed by atoms with E-state index in [0.717, 1.165) is 18.4 Å². The van der Waals surface area contributed by atoms with Gasteiger partial charge in [0, 0.05) is 5.56 Å². The van der Waals surface area contributed by atoms with Gasteiger partial charge in [-0.05, 0) is 36.2 Å². The third-order valence-corrected chi connectivity index (χ3v) is 4.34. The molecule has 116 valence electrons. The summed E-state index contributed by atoms with van der Waals surface area (Å²) in [6.45, 7) is 2.06. The van der Waals surface area contributed by atoms with Gasteiger partial charge in [-0.1, -0.05) is 43.7 Å². The van der Waals surface area contributed by atoms with E-state index in [1.165, 1.54) is 12.1 Å². The van der Waals surface area contributed by atoms with Crippen LogP contribution in [0.4, 0.5) is 0 Å². The van der Waals surface area contributed by atoms with Crippen LogP contribution in [0.2, 0.25) is 0 Å². The Balaban J connectivity index is 2.05. The van der Waals surface area contributed by atoms with Gasteiger partial charge in [-0.25, -0.2) is 8.42 Å². The molecule has 2 aromatic carbocycles. The molecule has 2 aromatic rings. The van der Waals surface area contributed by atoms with Crippen LogP contribution in [0, 0.1) is 0 Å². The lowest BCUT2D eigenvalue weighted by Gasteiger charge is -2.09. The fourth-order valence-corrected chi connectivity index (χ4v) is 2.86. The Morgan fingerprint density at radius 1 is 1.05 bits per heavy atom. The molecule has 22 heavy (non-hydrogen) atoms. The maximum absolute atomic E-state index is 12.0. The lowest BCUT2D eigenvalue weighted by Crippen LogP contribution is -2.41. The third kappa shape index (κ3) is 4.16. The number of sulfonamides is 1. The Labute approximate surface area is 130 Å². The van der Waals surface area contributed by atoms with Crippen LogP contribution in [0.15, 0.2) is 59.5 Å². The number of carbonyl (C=O) groups is 1. The Morgan fingerprint density at radius 3 is 2.45 bits per heavy atom. The smallest absolute Gasteiger partial charge is 0.266 e. The summed E-state index contributed by atoms with van der Waals surface area (Å²) in [5.41, 5.74) is 3.69. The van der Waals surface area contributed by atoms with Gasteiger partial charge in [0.2, 0.25) is 0 Å². The lowest BCUT2D eigenvalue weighted by molar-refractivity contribution is 0.0945. The SMILES string of the molecule is CCCc1cccc(C(=O)NNS(=O)(=O)c2ccccc2)c1. The van der Waals surface area contributed by atoms with E-state index < -0.39 is 15.9 Å². The second kappa shape index (κ2) is 7.20. The van der Waals surface area contributed by atoms with Crippen LogP contribution in [0.25, 0.3) is 0 Å². The molecule has 0 aliphatic heterocycles. The summed E-state index contributed by atoms with van der Waals surface area (Å²) in [6.07, 6.45) is 1.85. The monoisotopic (exact) mass is 318 g/mol. The van der Waals surface area contributed by atoms with Crippen molar-refractivity contribution in [3.05, 3.63) is 65.7 Å². The van der Waals surface area contributed by atoms with Gasteiger partial charge in [-0.15, -0.1) is 4.83 Å². The number of hydrazine groups is 1. The van der Waals surface area contributed by atoms with Crippen LogP contribution >= 0.6 is 0 Å². The Hall–Kier alpha value is -2.18. The summed E-state index contributed by atoms with van der Waals surface area (Å²) in [5.74, 6) is -0.488. The van der Waals surface area contributed by atoms with E-state index in [0.29, 0.717) is 5.56 Å². The zero-order chi connectivity index (χ0) is 16.0. The number of hydrogen-bond acceptors (Lipinski definition) is 3. The average Bonchev–Trinajstić information content (AvgIpc) is 2.54. The first-order valence-corrected chi connectivity index (χ1v) is 8.47. The van der Waals surface area contributed by atoms with E-state index >= 15 is 0 Å². The van der Waals surface area contributed by atoms with E-state index in [1.54, 1.807) is 36.4 Å². The molecule has 0 radical (unpaired) electrons. The highest BCUT2D eigenvalue weighted by Gasteiger charge is 2.15. The van der Waals surface area contributed by atoms with Crippen LogP contribution in [0.3, 0.4) is 0 Å². The molecule has 0 fully saturated rings. The second-order valence-corrected chi connectivity index (χ2v) is 6.51. The van der Waals surface area contributed by atoms with Gasteiger partial charge in [0.25, 0.3) is 15.9 Å². The number of carbonyl (C=O) groups excluding carboxylic acids is 1. The fraction of sp³-hybridized carbons (Fsp3) is 0.188. The normalized spacial score (nSPS) is 11.1. The van der Waals surface area contributed by atoms with Crippen molar-refractivity contribution in [2.45, 2.75) is 24.7 Å². The van der Waals surface area contributed by atoms with E-state index in [-0.39, 0.29) is 4.90 Å². The molecule has 0 aromatic heterocycles. The predicted octanol–water partition coefficient (Wildman–Crippen LogP) is 2.26. The van der Waals surface area contributed by atoms with Gasteiger partial charge in [-0.2, -0.15) is 0 Å². The molecule has 0 saturated carbocycles. The molecule has 2 rings (SSSR count). The minimum atomic E-state index is -3.77. The Morgan fingerprint density at radius 2 is 1.77 bits per heavy atom. The van der Waals surface area contributed by atoms with Crippen molar-refractivity contribution in [1.29, 1.82) is 0 Å². The van der Waals surface area contributed by atoms with Crippen LogP contribution < -0.4 is 10.3 Å². The summed E-state index contributed by atoms with van der Waals surface area (Å²) in [6, 6.07) is 15.0. The van der Waals surface area contributed by atoms with Crippen LogP contribution in [-0.4, -0.2) is 14.3 Å². The molecule has 0 aliphatic rings. The molecule has 2 N–H and O–H groups in total. The first kappa shape index (κ1) is 16.2. The van der Waals surface area contributed by atoms with Crippen molar-refractivity contribution >= 4 is 15.9 Å². The fourth-order valence-electron chi connectivity index (χ4n) is 2.00. The van der Waals surface area contributed by atoms with Crippen molar-refractivity contribution in [2.24, 2.45) is 0 Å². The van der Waals surface area contributed by atoms with Gasteiger partial charge >= 0.3 is 0 Å². The van der Waals surface area contributed by atoms with E-state index in [4.69, 9.17) is 0 Å². The van der Waals surface area contributed by atoms with Crippen molar-refractivity contribution in [1.82, 2.24) is 10.3 Å². The molecule has 0 heterocycles. The highest BCUT2D eigenvalue weighted by molar-refractivity contribution is 7.89. The van der Waals surface area contributed by atoms with Crippen LogP contribution in [0.5, 0.6) is 0 Å². The first-order chi connectivity index (χ1) is 10.5. The molecule has 0 atom stereocenters. The number of benzene rings is 2. The highest BCUT2D eigenvalue weighted by Crippen LogP contribution is 2.08. The van der Waals surface area contributed by atoms with Gasteiger partial charge < -0.3 is 0 Å². The van der Waals surface area contributed by atoms with E-state index in [1.807, 2.05) is 6.07 Å². The number of nitrogens with one attached hydrogen (secondary N) is 2. The average molecular weight is 318 g/mol. The van der Waals surface area contributed by atoms with Crippen LogP contribution in [0.1, 0.15) is 29.3 Å². The van der Waals surface area contributed by atoms with E-state index in [9.17, 15) is 13.2 Å². The standard InChI is InChI=1S/C16H18N2O3S/c1-2-7-13-8-6-9-14(12-13)16(19)17-18-22(20,21)15-10-4-3-5-11-15/h3-6,8-12,18H,2,7H2,1H3,(H,17,19). The van der Waals surface area contributed by atoms with Crippen molar-refractivity contribution in [2.75, 3.05) is 0 Å². The van der Waals surface area contributed by atoms with E-state index in [2.05, 4.69) is 17.2 Å². The summed E-state index contributed by atoms with van der Waals surface area (Å²) < 4.78 is 24.0. The minimum Gasteiger partial charge on any atom is -0.273 e. The summed E-state index contributed by atoms with van der Waals surface area (Å²) in [5, 5.41) is 0. The second-order valence-electron chi connectivity index (χ2n) is 4.82. The molecule has 0 unspecified atom stereocenters. The summed E-state index contributed by atoms with van der Waals surface area (Å²) in [7, 11) is -3.77. The summed E-state index contributed by atoms with van der Waals surface area (Å²) >= 11 is 0. The Bertz CT molecular complexity index is 743. The predicted molar refractivity (Wildman–Crippen MR) is 84.7 cm³/mol. The minimum absolute atomic E-state index is 0.0926. The van der Waals surface area contributed by atoms with Crippen molar-refractivity contribution in [3.8, 4) is 0 Å². The lowest BCUT2D eigenvalue weighted by atomic mass is 10.1. The van der Waals surface area contributed by atoms with Crippen LogP contribution in [-0.2, 0) is 16.4 Å². The molecular weight excluding hydrogens is 300 g/mol. The topological polar surface area (TPSA) is 75.3 Å². The number of amides is 1. The van der Waals surface area contributed by atoms with Crippen molar-refractivity contribution < 1.29 is 13.2 Å².